The van der Waals surface area contributed by atoms with Gasteiger partial charge >= 0.3 is 0 Å². The van der Waals surface area contributed by atoms with E-state index in [0.717, 1.165) is 47.7 Å². The van der Waals surface area contributed by atoms with Crippen LogP contribution in [0.15, 0.2) is 89.7 Å². The van der Waals surface area contributed by atoms with Gasteiger partial charge in [-0.15, -0.1) is 0 Å². The van der Waals surface area contributed by atoms with Gasteiger partial charge in [-0.25, -0.2) is 0 Å². The lowest BCUT2D eigenvalue weighted by Crippen LogP contribution is -2.03. The van der Waals surface area contributed by atoms with Crippen LogP contribution in [0.5, 0.6) is 11.5 Å². The van der Waals surface area contributed by atoms with Gasteiger partial charge in [-0.2, -0.15) is 0 Å². The lowest BCUT2D eigenvalue weighted by Gasteiger charge is -2.13. The minimum atomic E-state index is -0.420. The molecule has 0 aliphatic rings. The molecule has 170 valence electrons. The average molecular weight is 468 g/mol. The third-order valence-electron chi connectivity index (χ3n) is 6.29. The van der Waals surface area contributed by atoms with E-state index in [2.05, 4.69) is 50.2 Å². The Morgan fingerprint density at radius 3 is 2.12 bits per heavy atom. The summed E-state index contributed by atoms with van der Waals surface area (Å²) in [6, 6.07) is 28.7. The van der Waals surface area contributed by atoms with Crippen molar-refractivity contribution in [2.75, 3.05) is 14.2 Å². The van der Waals surface area contributed by atoms with Gasteiger partial charge in [-0.3, -0.25) is 4.79 Å². The van der Waals surface area contributed by atoms with E-state index >= 15 is 0 Å². The summed E-state index contributed by atoms with van der Waals surface area (Å²) >= 11 is 0. The summed E-state index contributed by atoms with van der Waals surface area (Å²) in [6.45, 7) is 4.32. The maximum absolute atomic E-state index is 13.5. The zero-order valence-electron chi connectivity index (χ0n) is 19.8. The normalized spacial score (nSPS) is 11.9. The number of benzene rings is 4. The van der Waals surface area contributed by atoms with Crippen molar-refractivity contribution in [2.24, 2.45) is 0 Å². The SMILES string of the molecule is COc1ccccc1-c1cc(-[s+]2c3ccccc3c(=O)c3cc(C(C)C)ccc32)ccc1OC. The molecule has 5 aromatic rings. The molecule has 4 heteroatoms. The molecule has 0 N–H and O–H groups in total. The van der Waals surface area contributed by atoms with Crippen molar-refractivity contribution >= 4 is 30.6 Å². The maximum atomic E-state index is 13.5. The quantitative estimate of drug-likeness (QED) is 0.195. The fourth-order valence-corrected chi connectivity index (χ4v) is 6.86. The highest BCUT2D eigenvalue weighted by molar-refractivity contribution is 7.49. The van der Waals surface area contributed by atoms with Crippen molar-refractivity contribution in [2.45, 2.75) is 19.8 Å². The number of fused-ring (bicyclic) bond motifs is 2. The molecule has 1 aromatic heterocycles. The van der Waals surface area contributed by atoms with Gasteiger partial charge in [0.25, 0.3) is 0 Å². The van der Waals surface area contributed by atoms with Gasteiger partial charge in [0.2, 0.25) is 5.43 Å². The number of methoxy groups -OCH3 is 2. The summed E-state index contributed by atoms with van der Waals surface area (Å²) in [5.41, 5.74) is 3.23. The summed E-state index contributed by atoms with van der Waals surface area (Å²) in [6.07, 6.45) is 0. The number of hydrogen-bond donors (Lipinski definition) is 0. The molecule has 0 radical (unpaired) electrons. The monoisotopic (exact) mass is 467 g/mol. The third-order valence-corrected chi connectivity index (χ3v) is 8.61. The summed E-state index contributed by atoms with van der Waals surface area (Å²) in [4.78, 5) is 14.6. The highest BCUT2D eigenvalue weighted by Gasteiger charge is 2.25. The van der Waals surface area contributed by atoms with Crippen LogP contribution in [0.3, 0.4) is 0 Å². The minimum absolute atomic E-state index is 0.107. The minimum Gasteiger partial charge on any atom is -0.496 e. The van der Waals surface area contributed by atoms with E-state index in [9.17, 15) is 4.79 Å². The molecule has 0 saturated heterocycles. The van der Waals surface area contributed by atoms with Gasteiger partial charge in [0.1, 0.15) is 11.5 Å². The second-order valence-corrected chi connectivity index (χ2v) is 10.6. The lowest BCUT2D eigenvalue weighted by atomic mass is 10.0. The van der Waals surface area contributed by atoms with Crippen LogP contribution in [0.25, 0.3) is 36.2 Å². The van der Waals surface area contributed by atoms with Crippen LogP contribution in [-0.2, 0) is 0 Å². The molecule has 1 atom stereocenters. The van der Waals surface area contributed by atoms with Gasteiger partial charge in [0, 0.05) is 33.7 Å². The van der Waals surface area contributed by atoms with Gasteiger partial charge in [-0.1, -0.05) is 50.2 Å². The van der Waals surface area contributed by atoms with E-state index in [4.69, 9.17) is 9.47 Å². The smallest absolute Gasteiger partial charge is 0.203 e. The van der Waals surface area contributed by atoms with Crippen molar-refractivity contribution in [1.82, 2.24) is 0 Å². The van der Waals surface area contributed by atoms with Crippen molar-refractivity contribution in [3.8, 4) is 27.5 Å². The Morgan fingerprint density at radius 1 is 0.676 bits per heavy atom. The molecule has 34 heavy (non-hydrogen) atoms. The molecule has 1 unspecified atom stereocenters. The molecular formula is C30H27O3S+. The Labute approximate surface area is 202 Å². The van der Waals surface area contributed by atoms with E-state index in [-0.39, 0.29) is 5.43 Å². The van der Waals surface area contributed by atoms with Crippen molar-refractivity contribution in [1.29, 1.82) is 0 Å². The number of para-hydroxylation sites is 1. The Balaban J connectivity index is 1.87. The van der Waals surface area contributed by atoms with E-state index in [1.807, 2.05) is 48.5 Å². The lowest BCUT2D eigenvalue weighted by molar-refractivity contribution is 0.410. The van der Waals surface area contributed by atoms with Crippen LogP contribution in [0.1, 0.15) is 25.3 Å². The van der Waals surface area contributed by atoms with Crippen LogP contribution < -0.4 is 14.9 Å². The number of hydrogen-bond acceptors (Lipinski definition) is 3. The van der Waals surface area contributed by atoms with Gasteiger partial charge in [0.05, 0.1) is 25.0 Å². The van der Waals surface area contributed by atoms with E-state index < -0.39 is 10.5 Å². The second kappa shape index (κ2) is 8.96. The average Bonchev–Trinajstić information content (AvgIpc) is 2.88. The fraction of sp³-hybridized carbons (Fsp3) is 0.167. The van der Waals surface area contributed by atoms with E-state index in [0.29, 0.717) is 5.92 Å². The zero-order valence-corrected chi connectivity index (χ0v) is 20.6. The zero-order chi connectivity index (χ0) is 23.8. The largest absolute Gasteiger partial charge is 0.496 e. The van der Waals surface area contributed by atoms with E-state index in [1.54, 1.807) is 14.2 Å². The Kier molecular flexibility index (Phi) is 5.84. The molecule has 0 amide bonds. The Bertz CT molecular complexity index is 1580. The molecule has 0 saturated carbocycles. The van der Waals surface area contributed by atoms with Gasteiger partial charge in [-0.05, 0) is 47.9 Å². The van der Waals surface area contributed by atoms with Crippen LogP contribution in [0.4, 0.5) is 0 Å². The third kappa shape index (κ3) is 3.64. The Morgan fingerprint density at radius 2 is 1.35 bits per heavy atom. The van der Waals surface area contributed by atoms with Crippen LogP contribution in [0.2, 0.25) is 0 Å². The molecule has 4 aromatic carbocycles. The molecule has 0 bridgehead atoms. The first-order valence-corrected chi connectivity index (χ1v) is 12.6. The fourth-order valence-electron chi connectivity index (χ4n) is 4.50. The molecule has 3 nitrogen and oxygen atoms in total. The van der Waals surface area contributed by atoms with Gasteiger partial charge in [0.15, 0.2) is 14.3 Å². The van der Waals surface area contributed by atoms with Crippen LogP contribution >= 0.6 is 10.5 Å². The predicted molar refractivity (Wildman–Crippen MR) is 144 cm³/mol. The topological polar surface area (TPSA) is 35.5 Å². The van der Waals surface area contributed by atoms with Crippen LogP contribution in [0, 0.1) is 0 Å². The highest BCUT2D eigenvalue weighted by atomic mass is 32.2. The standard InChI is InChI=1S/C30H27O3S/c1-19(2)20-13-16-29-25(17-20)30(31)23-10-6-8-12-28(23)34(29)21-14-15-27(33-4)24(18-21)22-9-5-7-11-26(22)32-3/h5-19H,1-4H3/q+1. The van der Waals surface area contributed by atoms with Crippen molar-refractivity contribution in [3.63, 3.8) is 0 Å². The first-order valence-electron chi connectivity index (χ1n) is 11.4. The van der Waals surface area contributed by atoms with E-state index in [1.165, 1.54) is 5.56 Å². The summed E-state index contributed by atoms with van der Waals surface area (Å²) < 4.78 is 13.5. The highest BCUT2D eigenvalue weighted by Crippen LogP contribution is 2.47. The van der Waals surface area contributed by atoms with Crippen molar-refractivity contribution in [3.05, 3.63) is 101 Å². The van der Waals surface area contributed by atoms with Crippen LogP contribution in [-0.4, -0.2) is 14.2 Å². The van der Waals surface area contributed by atoms with Gasteiger partial charge < -0.3 is 9.47 Å². The molecule has 0 fully saturated rings. The molecule has 0 spiro atoms. The first kappa shape index (κ1) is 22.2. The summed E-state index contributed by atoms with van der Waals surface area (Å²) in [5, 5.41) is 1.59. The second-order valence-electron chi connectivity index (χ2n) is 8.60. The maximum Gasteiger partial charge on any atom is 0.203 e. The Hall–Kier alpha value is -3.63. The summed E-state index contributed by atoms with van der Waals surface area (Å²) in [7, 11) is 2.95. The first-order chi connectivity index (χ1) is 16.5. The molecule has 0 aliphatic carbocycles. The number of ether oxygens (including phenoxy) is 2. The summed E-state index contributed by atoms with van der Waals surface area (Å²) in [5.74, 6) is 1.94. The molecule has 1 heterocycles. The van der Waals surface area contributed by atoms with Crippen molar-refractivity contribution < 1.29 is 9.47 Å². The predicted octanol–water partition coefficient (Wildman–Crippen LogP) is 7.90. The molecular weight excluding hydrogens is 440 g/mol. The molecule has 5 rings (SSSR count). The number of rotatable bonds is 5. The molecule has 0 aliphatic heterocycles.